The maximum atomic E-state index is 10.3. The number of carboxylic acids is 1. The minimum absolute atomic E-state index is 0. The summed E-state index contributed by atoms with van der Waals surface area (Å²) in [6.07, 6.45) is 2.53. The molecule has 10 heavy (non-hydrogen) atoms. The first-order valence-corrected chi connectivity index (χ1v) is 3.45. The van der Waals surface area contributed by atoms with E-state index in [2.05, 4.69) is 0 Å². The topological polar surface area (TPSA) is 37.3 Å². The van der Waals surface area contributed by atoms with Crippen LogP contribution < -0.4 is 0 Å². The first kappa shape index (κ1) is 12.7. The molecule has 0 aliphatic rings. The van der Waals surface area contributed by atoms with Crippen LogP contribution in [-0.2, 0) is 24.3 Å². The zero-order chi connectivity index (χ0) is 7.28. The smallest absolute Gasteiger partial charge is 0.306 e. The first-order valence-electron chi connectivity index (χ1n) is 3.45. The summed E-state index contributed by atoms with van der Waals surface area (Å²) < 4.78 is 0. The van der Waals surface area contributed by atoms with Gasteiger partial charge in [-0.15, -0.1) is 0 Å². The Kier molecular flexibility index (Phi) is 9.18. The van der Waals surface area contributed by atoms with Gasteiger partial charge in [0.2, 0.25) is 0 Å². The largest absolute Gasteiger partial charge is 0.481 e. The molecule has 0 fully saturated rings. The molecule has 0 rings (SSSR count). The molecular formula is C7H14O2Zn. The molecule has 0 aliphatic heterocycles. The van der Waals surface area contributed by atoms with E-state index in [0.717, 1.165) is 19.3 Å². The van der Waals surface area contributed by atoms with Gasteiger partial charge < -0.3 is 5.11 Å². The molecule has 0 bridgehead atoms. The van der Waals surface area contributed by atoms with Crippen LogP contribution in [-0.4, -0.2) is 11.1 Å². The van der Waals surface area contributed by atoms with Crippen molar-refractivity contribution in [2.45, 2.75) is 33.1 Å². The number of rotatable bonds is 4. The average Bonchev–Trinajstić information content (AvgIpc) is 1.82. The van der Waals surface area contributed by atoms with Gasteiger partial charge in [-0.1, -0.05) is 20.3 Å². The monoisotopic (exact) mass is 194 g/mol. The minimum atomic E-state index is -0.653. The molecule has 0 amide bonds. The maximum absolute atomic E-state index is 10.3. The van der Waals surface area contributed by atoms with E-state index in [1.807, 2.05) is 13.8 Å². The number of hydrogen-bond acceptors (Lipinski definition) is 1. The summed E-state index contributed by atoms with van der Waals surface area (Å²) in [5.74, 6) is -0.769. The fourth-order valence-corrected chi connectivity index (χ4v) is 0.851. The second-order valence-electron chi connectivity index (χ2n) is 2.23. The van der Waals surface area contributed by atoms with Crippen molar-refractivity contribution in [3.8, 4) is 0 Å². The van der Waals surface area contributed by atoms with Crippen LogP contribution >= 0.6 is 0 Å². The summed E-state index contributed by atoms with van der Waals surface area (Å²) in [6, 6.07) is 0. The molecular weight excluding hydrogens is 181 g/mol. The zero-order valence-corrected chi connectivity index (χ0v) is 9.73. The number of hydrogen-bond donors (Lipinski definition) is 1. The summed E-state index contributed by atoms with van der Waals surface area (Å²) in [5, 5.41) is 8.50. The molecule has 2 nitrogen and oxygen atoms in total. The molecule has 1 atom stereocenters. The Hall–Kier alpha value is 0.0934. The third-order valence-electron chi connectivity index (χ3n) is 1.48. The molecule has 0 aromatic rings. The van der Waals surface area contributed by atoms with Gasteiger partial charge >= 0.3 is 5.97 Å². The Balaban J connectivity index is 0. The fraction of sp³-hybridized carbons (Fsp3) is 0.857. The molecule has 0 aliphatic carbocycles. The van der Waals surface area contributed by atoms with Gasteiger partial charge in [0.25, 0.3) is 0 Å². The van der Waals surface area contributed by atoms with E-state index in [9.17, 15) is 4.79 Å². The first-order chi connectivity index (χ1) is 4.22. The Bertz CT molecular complexity index is 93.6. The van der Waals surface area contributed by atoms with E-state index in [1.165, 1.54) is 0 Å². The maximum Gasteiger partial charge on any atom is 0.306 e. The second kappa shape index (κ2) is 7.20. The van der Waals surface area contributed by atoms with Gasteiger partial charge in [-0.3, -0.25) is 4.79 Å². The average molecular weight is 196 g/mol. The van der Waals surface area contributed by atoms with Crippen LogP contribution in [0, 0.1) is 5.92 Å². The standard InChI is InChI=1S/C7H14O2.Zn/c1-3-5-6(4-2)7(8)9;/h6H,3-5H2,1-2H3,(H,8,9);. The van der Waals surface area contributed by atoms with E-state index in [4.69, 9.17) is 5.11 Å². The van der Waals surface area contributed by atoms with Crippen LogP contribution in [0.25, 0.3) is 0 Å². The number of carboxylic acid groups (broad SMARTS) is 1. The van der Waals surface area contributed by atoms with Gasteiger partial charge in [0.05, 0.1) is 5.92 Å². The molecule has 56 valence electrons. The van der Waals surface area contributed by atoms with Crippen LogP contribution in [0.3, 0.4) is 0 Å². The van der Waals surface area contributed by atoms with Crippen molar-refractivity contribution >= 4 is 5.97 Å². The van der Waals surface area contributed by atoms with E-state index >= 15 is 0 Å². The van der Waals surface area contributed by atoms with E-state index in [0.29, 0.717) is 0 Å². The molecule has 0 heterocycles. The molecule has 0 aromatic heterocycles. The summed E-state index contributed by atoms with van der Waals surface area (Å²) in [4.78, 5) is 10.3. The van der Waals surface area contributed by atoms with E-state index in [1.54, 1.807) is 0 Å². The molecule has 1 N–H and O–H groups in total. The number of carbonyl (C=O) groups is 1. The number of aliphatic carboxylic acids is 1. The Morgan fingerprint density at radius 1 is 1.50 bits per heavy atom. The van der Waals surface area contributed by atoms with Gasteiger partial charge in [0, 0.05) is 19.5 Å². The third-order valence-corrected chi connectivity index (χ3v) is 1.48. The predicted octanol–water partition coefficient (Wildman–Crippen LogP) is 1.89. The summed E-state index contributed by atoms with van der Waals surface area (Å²) in [6.45, 7) is 3.92. The molecule has 0 radical (unpaired) electrons. The van der Waals surface area contributed by atoms with Crippen molar-refractivity contribution in [3.63, 3.8) is 0 Å². The quantitative estimate of drug-likeness (QED) is 0.696. The van der Waals surface area contributed by atoms with Gasteiger partial charge in [-0.05, 0) is 12.8 Å². The molecule has 0 saturated heterocycles. The van der Waals surface area contributed by atoms with Crippen molar-refractivity contribution < 1.29 is 29.4 Å². The predicted molar refractivity (Wildman–Crippen MR) is 36.3 cm³/mol. The fourth-order valence-electron chi connectivity index (χ4n) is 0.851. The van der Waals surface area contributed by atoms with Gasteiger partial charge in [0.1, 0.15) is 0 Å². The third kappa shape index (κ3) is 4.92. The Morgan fingerprint density at radius 2 is 2.00 bits per heavy atom. The van der Waals surface area contributed by atoms with Crippen LogP contribution in [0.15, 0.2) is 0 Å². The molecule has 1 unspecified atom stereocenters. The van der Waals surface area contributed by atoms with Crippen molar-refractivity contribution in [3.05, 3.63) is 0 Å². The van der Waals surface area contributed by atoms with Gasteiger partial charge in [-0.2, -0.15) is 0 Å². The Labute approximate surface area is 74.8 Å². The van der Waals surface area contributed by atoms with Crippen LogP contribution in [0.1, 0.15) is 33.1 Å². The Morgan fingerprint density at radius 3 is 2.10 bits per heavy atom. The van der Waals surface area contributed by atoms with E-state index < -0.39 is 5.97 Å². The normalized spacial score (nSPS) is 11.8. The summed E-state index contributed by atoms with van der Waals surface area (Å²) >= 11 is 0. The van der Waals surface area contributed by atoms with Crippen molar-refractivity contribution in [1.29, 1.82) is 0 Å². The molecule has 0 spiro atoms. The molecule has 0 aromatic carbocycles. The summed E-state index contributed by atoms with van der Waals surface area (Å²) in [7, 11) is 0. The summed E-state index contributed by atoms with van der Waals surface area (Å²) in [5.41, 5.74) is 0. The van der Waals surface area contributed by atoms with Crippen LogP contribution in [0.5, 0.6) is 0 Å². The zero-order valence-electron chi connectivity index (χ0n) is 6.76. The van der Waals surface area contributed by atoms with Crippen molar-refractivity contribution in [1.82, 2.24) is 0 Å². The van der Waals surface area contributed by atoms with Crippen molar-refractivity contribution in [2.75, 3.05) is 0 Å². The molecule has 3 heteroatoms. The second-order valence-corrected chi connectivity index (χ2v) is 2.23. The molecule has 0 saturated carbocycles. The van der Waals surface area contributed by atoms with Crippen LogP contribution in [0.2, 0.25) is 0 Å². The van der Waals surface area contributed by atoms with Gasteiger partial charge in [0.15, 0.2) is 0 Å². The van der Waals surface area contributed by atoms with Gasteiger partial charge in [-0.25, -0.2) is 0 Å². The minimum Gasteiger partial charge on any atom is -0.481 e. The van der Waals surface area contributed by atoms with Crippen LogP contribution in [0.4, 0.5) is 0 Å². The van der Waals surface area contributed by atoms with Crippen molar-refractivity contribution in [2.24, 2.45) is 5.92 Å². The van der Waals surface area contributed by atoms with E-state index in [-0.39, 0.29) is 25.4 Å². The SMILES string of the molecule is CCCC(CC)C(=O)O.[Zn].